The topological polar surface area (TPSA) is 113 Å². The third-order valence-corrected chi connectivity index (χ3v) is 4.55. The van der Waals surface area contributed by atoms with Crippen molar-refractivity contribution in [2.45, 2.75) is 26.7 Å². The summed E-state index contributed by atoms with van der Waals surface area (Å²) in [7, 11) is 0. The van der Waals surface area contributed by atoms with Crippen LogP contribution < -0.4 is 15.8 Å². The van der Waals surface area contributed by atoms with Gasteiger partial charge in [0.15, 0.2) is 0 Å². The number of carbonyl (C=O) groups excluding carboxylic acids is 1. The molecule has 0 bridgehead atoms. The van der Waals surface area contributed by atoms with Gasteiger partial charge in [0.25, 0.3) is 5.91 Å². The van der Waals surface area contributed by atoms with Crippen LogP contribution in [0.25, 0.3) is 0 Å². The molecule has 9 heteroatoms. The summed E-state index contributed by atoms with van der Waals surface area (Å²) in [6.07, 6.45) is 3.31. The van der Waals surface area contributed by atoms with E-state index in [9.17, 15) is 14.9 Å². The number of hydrogen-bond donors (Lipinski definition) is 2. The molecule has 1 atom stereocenters. The van der Waals surface area contributed by atoms with Crippen molar-refractivity contribution in [1.29, 1.82) is 0 Å². The van der Waals surface area contributed by atoms with E-state index in [0.717, 1.165) is 18.4 Å². The second kappa shape index (κ2) is 7.98. The number of aryl methyl sites for hydroxylation is 1. The van der Waals surface area contributed by atoms with Crippen LogP contribution in [-0.4, -0.2) is 33.9 Å². The van der Waals surface area contributed by atoms with Gasteiger partial charge in [0.2, 0.25) is 11.6 Å². The van der Waals surface area contributed by atoms with Gasteiger partial charge in [-0.2, -0.15) is 0 Å². The van der Waals surface area contributed by atoms with Gasteiger partial charge in [-0.05, 0) is 37.8 Å². The monoisotopic (exact) mass is 370 g/mol. The number of anilines is 2. The Kier molecular flexibility index (Phi) is 5.49. The quantitative estimate of drug-likeness (QED) is 0.614. The average Bonchev–Trinajstić information content (AvgIpc) is 2.66. The fraction of sp³-hybridized carbons (Fsp3) is 0.389. The third-order valence-electron chi connectivity index (χ3n) is 4.55. The first kappa shape index (κ1) is 18.6. The summed E-state index contributed by atoms with van der Waals surface area (Å²) in [5.74, 6) is 0.263. The number of aromatic nitrogens is 2. The predicted octanol–water partition coefficient (Wildman–Crippen LogP) is 2.69. The Labute approximate surface area is 156 Å². The van der Waals surface area contributed by atoms with Crippen molar-refractivity contribution < 1.29 is 9.72 Å². The molecule has 142 valence electrons. The lowest BCUT2D eigenvalue weighted by atomic mass is 10.0. The van der Waals surface area contributed by atoms with E-state index in [-0.39, 0.29) is 17.3 Å². The van der Waals surface area contributed by atoms with Gasteiger partial charge in [-0.25, -0.2) is 9.97 Å². The Morgan fingerprint density at radius 3 is 2.70 bits per heavy atom. The summed E-state index contributed by atoms with van der Waals surface area (Å²) in [4.78, 5) is 33.4. The van der Waals surface area contributed by atoms with Crippen LogP contribution in [0.5, 0.6) is 0 Å². The Balaban J connectivity index is 1.80. The second-order valence-electron chi connectivity index (χ2n) is 6.79. The zero-order chi connectivity index (χ0) is 19.4. The second-order valence-corrected chi connectivity index (χ2v) is 6.79. The minimum atomic E-state index is -0.519. The van der Waals surface area contributed by atoms with Crippen molar-refractivity contribution in [1.82, 2.24) is 15.4 Å². The number of piperidine rings is 1. The van der Waals surface area contributed by atoms with Crippen molar-refractivity contribution >= 4 is 23.2 Å². The molecular formula is C18H22N6O3. The molecule has 0 radical (unpaired) electrons. The van der Waals surface area contributed by atoms with Crippen LogP contribution in [0.1, 0.15) is 35.7 Å². The highest BCUT2D eigenvalue weighted by Gasteiger charge is 2.29. The van der Waals surface area contributed by atoms with E-state index in [0.29, 0.717) is 24.6 Å². The molecule has 1 aromatic carbocycles. The van der Waals surface area contributed by atoms with Crippen LogP contribution in [-0.2, 0) is 0 Å². The molecule has 1 aliphatic heterocycles. The highest BCUT2D eigenvalue weighted by atomic mass is 16.6. The van der Waals surface area contributed by atoms with E-state index >= 15 is 0 Å². The molecule has 9 nitrogen and oxygen atoms in total. The molecule has 1 amide bonds. The number of hydrazine groups is 1. The maximum atomic E-state index is 12.2. The van der Waals surface area contributed by atoms with Gasteiger partial charge >= 0.3 is 5.69 Å². The van der Waals surface area contributed by atoms with E-state index in [4.69, 9.17) is 0 Å². The van der Waals surface area contributed by atoms with E-state index in [2.05, 4.69) is 27.7 Å². The predicted molar refractivity (Wildman–Crippen MR) is 102 cm³/mol. The van der Waals surface area contributed by atoms with Crippen LogP contribution in [0.2, 0.25) is 0 Å². The van der Waals surface area contributed by atoms with Crippen molar-refractivity contribution in [2.75, 3.05) is 23.4 Å². The van der Waals surface area contributed by atoms with Crippen LogP contribution in [0.4, 0.5) is 17.3 Å². The molecule has 0 aliphatic carbocycles. The Morgan fingerprint density at radius 1 is 1.30 bits per heavy atom. The first-order valence-corrected chi connectivity index (χ1v) is 8.83. The summed E-state index contributed by atoms with van der Waals surface area (Å²) in [5.41, 5.74) is 6.28. The molecule has 27 heavy (non-hydrogen) atoms. The number of nitrogens with zero attached hydrogens (tertiary/aromatic N) is 4. The SMILES string of the molecule is Cc1ccc(C(=O)NNc2ncnc(N3CCCC(C)C3)c2[N+](=O)[O-])cc1. The maximum Gasteiger partial charge on any atom is 0.355 e. The fourth-order valence-corrected chi connectivity index (χ4v) is 3.14. The third kappa shape index (κ3) is 4.30. The van der Waals surface area contributed by atoms with Crippen molar-refractivity contribution in [2.24, 2.45) is 5.92 Å². The number of amides is 1. The average molecular weight is 370 g/mol. The highest BCUT2D eigenvalue weighted by Crippen LogP contribution is 2.33. The molecular weight excluding hydrogens is 348 g/mol. The van der Waals surface area contributed by atoms with Gasteiger partial charge in [0, 0.05) is 18.7 Å². The lowest BCUT2D eigenvalue weighted by Crippen LogP contribution is -2.36. The Hall–Kier alpha value is -3.23. The number of hydrogen-bond acceptors (Lipinski definition) is 7. The fourth-order valence-electron chi connectivity index (χ4n) is 3.14. The van der Waals surface area contributed by atoms with Crippen molar-refractivity contribution in [3.8, 4) is 0 Å². The summed E-state index contributed by atoms with van der Waals surface area (Å²) >= 11 is 0. The van der Waals surface area contributed by atoms with Gasteiger partial charge in [-0.1, -0.05) is 24.6 Å². The van der Waals surface area contributed by atoms with Crippen LogP contribution >= 0.6 is 0 Å². The molecule has 1 fully saturated rings. The zero-order valence-corrected chi connectivity index (χ0v) is 15.3. The molecule has 2 aromatic rings. The number of carbonyl (C=O) groups is 1. The normalized spacial score (nSPS) is 16.7. The molecule has 1 saturated heterocycles. The van der Waals surface area contributed by atoms with E-state index in [1.54, 1.807) is 12.1 Å². The van der Waals surface area contributed by atoms with Crippen molar-refractivity contribution in [3.05, 3.63) is 51.8 Å². The molecule has 1 aliphatic rings. The smallest absolute Gasteiger partial charge is 0.350 e. The molecule has 0 saturated carbocycles. The van der Waals surface area contributed by atoms with Gasteiger partial charge in [-0.15, -0.1) is 0 Å². The molecule has 0 spiro atoms. The van der Waals surface area contributed by atoms with Crippen LogP contribution in [0, 0.1) is 23.0 Å². The number of rotatable bonds is 5. The molecule has 1 aromatic heterocycles. The summed E-state index contributed by atoms with van der Waals surface area (Å²) in [5, 5.41) is 11.7. The number of nitro groups is 1. The number of nitrogens with one attached hydrogen (secondary N) is 2. The van der Waals surface area contributed by atoms with Gasteiger partial charge < -0.3 is 4.90 Å². The van der Waals surface area contributed by atoms with E-state index < -0.39 is 10.8 Å². The molecule has 3 rings (SSSR count). The first-order chi connectivity index (χ1) is 13.0. The Bertz CT molecular complexity index is 839. The standard InChI is InChI=1S/C18H22N6O3/c1-12-5-7-14(8-6-12)18(25)22-21-16-15(24(26)27)17(20-11-19-16)23-9-3-4-13(2)10-23/h5-8,11,13H,3-4,9-10H2,1-2H3,(H,22,25)(H,19,20,21). The van der Waals surface area contributed by atoms with Gasteiger partial charge in [0.1, 0.15) is 6.33 Å². The maximum absolute atomic E-state index is 12.2. The Morgan fingerprint density at radius 2 is 2.04 bits per heavy atom. The van der Waals surface area contributed by atoms with E-state index in [1.807, 2.05) is 24.0 Å². The van der Waals surface area contributed by atoms with Crippen molar-refractivity contribution in [3.63, 3.8) is 0 Å². The minimum absolute atomic E-state index is 0.0383. The summed E-state index contributed by atoms with van der Waals surface area (Å²) in [6.45, 7) is 5.44. The first-order valence-electron chi connectivity index (χ1n) is 8.83. The van der Waals surface area contributed by atoms with Crippen LogP contribution in [0.3, 0.4) is 0 Å². The summed E-state index contributed by atoms with van der Waals surface area (Å²) in [6, 6.07) is 7.00. The van der Waals surface area contributed by atoms with E-state index in [1.165, 1.54) is 6.33 Å². The molecule has 2 N–H and O–H groups in total. The molecule has 1 unspecified atom stereocenters. The lowest BCUT2D eigenvalue weighted by Gasteiger charge is -2.31. The largest absolute Gasteiger partial charge is 0.355 e. The van der Waals surface area contributed by atoms with Crippen LogP contribution in [0.15, 0.2) is 30.6 Å². The highest BCUT2D eigenvalue weighted by molar-refractivity contribution is 5.95. The molecule has 2 heterocycles. The summed E-state index contributed by atoms with van der Waals surface area (Å²) < 4.78 is 0. The minimum Gasteiger partial charge on any atom is -0.350 e. The zero-order valence-electron chi connectivity index (χ0n) is 15.3. The van der Waals surface area contributed by atoms with Gasteiger partial charge in [-0.3, -0.25) is 25.8 Å². The lowest BCUT2D eigenvalue weighted by molar-refractivity contribution is -0.383. The number of benzene rings is 1. The van der Waals surface area contributed by atoms with Gasteiger partial charge in [0.05, 0.1) is 4.92 Å².